The topological polar surface area (TPSA) is 168 Å². The Hall–Kier alpha value is -0.990. The van der Waals surface area contributed by atoms with Gasteiger partial charge in [-0.2, -0.15) is 0 Å². The molecule has 7 nitrogen and oxygen atoms in total. The van der Waals surface area contributed by atoms with Gasteiger partial charge in [0.1, 0.15) is 0 Å². The molecule has 0 unspecified atom stereocenters. The molecule has 0 aliphatic heterocycles. The minimum Gasteiger partial charge on any atom is -0.481 e. The van der Waals surface area contributed by atoms with Crippen LogP contribution in [0.3, 0.4) is 0 Å². The van der Waals surface area contributed by atoms with Crippen LogP contribution in [0.4, 0.5) is 0 Å². The second-order valence-corrected chi connectivity index (χ2v) is 11.4. The normalized spacial score (nSPS) is 46.6. The number of aliphatic carboxylic acids is 1. The lowest BCUT2D eigenvalue weighted by molar-refractivity contribution is -0.207. The number of rotatable bonds is 4. The van der Waals surface area contributed by atoms with Crippen LogP contribution in [0.5, 0.6) is 0 Å². The van der Waals surface area contributed by atoms with Gasteiger partial charge in [-0.15, -0.1) is 13.2 Å². The molecular weight excluding hydrogens is 420 g/mol. The molecular formula is C26H50N2O5. The van der Waals surface area contributed by atoms with Crippen molar-refractivity contribution in [2.45, 2.75) is 96.9 Å². The second-order valence-electron chi connectivity index (χ2n) is 11.4. The molecule has 4 aliphatic carbocycles. The van der Waals surface area contributed by atoms with Gasteiger partial charge < -0.3 is 32.7 Å². The van der Waals surface area contributed by atoms with E-state index in [4.69, 9.17) is 5.11 Å². The van der Waals surface area contributed by atoms with Gasteiger partial charge in [0.25, 0.3) is 0 Å². The molecule has 0 spiro atoms. The van der Waals surface area contributed by atoms with Crippen molar-refractivity contribution < 1.29 is 25.2 Å². The summed E-state index contributed by atoms with van der Waals surface area (Å²) in [6.45, 7) is 12.7. The molecule has 0 radical (unpaired) electrons. The van der Waals surface area contributed by atoms with E-state index in [1.807, 2.05) is 0 Å². The van der Waals surface area contributed by atoms with Gasteiger partial charge in [0, 0.05) is 6.42 Å². The van der Waals surface area contributed by atoms with E-state index in [1.165, 1.54) is 0 Å². The van der Waals surface area contributed by atoms with Crippen LogP contribution >= 0.6 is 0 Å². The smallest absolute Gasteiger partial charge is 0.303 e. The van der Waals surface area contributed by atoms with E-state index in [0.29, 0.717) is 30.1 Å². The van der Waals surface area contributed by atoms with Gasteiger partial charge in [-0.25, -0.2) is 0 Å². The van der Waals surface area contributed by atoms with E-state index in [1.54, 1.807) is 0 Å². The highest BCUT2D eigenvalue weighted by atomic mass is 16.4. The number of carboxylic acids is 1. The quantitative estimate of drug-likeness (QED) is 0.327. The summed E-state index contributed by atoms with van der Waals surface area (Å²) in [7, 11) is 0. The monoisotopic (exact) mass is 470 g/mol. The highest BCUT2D eigenvalue weighted by molar-refractivity contribution is 5.66. The van der Waals surface area contributed by atoms with Crippen LogP contribution in [0.2, 0.25) is 0 Å². The van der Waals surface area contributed by atoms with Gasteiger partial charge >= 0.3 is 5.97 Å². The van der Waals surface area contributed by atoms with Gasteiger partial charge in [-0.05, 0) is 97.7 Å². The van der Waals surface area contributed by atoms with Crippen molar-refractivity contribution >= 4 is 5.97 Å². The number of fused-ring (bicyclic) bond motifs is 5. The molecule has 0 saturated heterocycles. The first-order chi connectivity index (χ1) is 14.6. The molecule has 4 rings (SSSR count). The van der Waals surface area contributed by atoms with Gasteiger partial charge in [0.05, 0.1) is 18.3 Å². The van der Waals surface area contributed by atoms with Crippen molar-refractivity contribution in [2.75, 3.05) is 0 Å². The summed E-state index contributed by atoms with van der Waals surface area (Å²) >= 11 is 0. The number of aliphatic hydroxyl groups is 3. The summed E-state index contributed by atoms with van der Waals surface area (Å²) in [6, 6.07) is 0. The lowest BCUT2D eigenvalue weighted by Gasteiger charge is -2.63. The molecule has 0 aromatic heterocycles. The standard InChI is InChI=1S/C24H40O5.C2H4.2H3N/c1-13(4-7-21(28)29)16-5-6-17-22-18(12-20(27)24(16,17)3)23(2)9-8-15(25)10-14(23)11-19(22)26;1-2;;/h13-20,22,25-27H,4-12H2,1-3H3,(H,28,29);1-2H2;2*1H3/t13-,14+,15-,16-,17+,18+,19-,20+,22+,23+,24-;;;/m1.../s1. The predicted molar refractivity (Wildman–Crippen MR) is 131 cm³/mol. The molecule has 11 atom stereocenters. The molecule has 0 amide bonds. The molecule has 0 aromatic rings. The minimum absolute atomic E-state index is 0. The molecule has 7 heteroatoms. The Labute approximate surface area is 200 Å². The molecule has 4 saturated carbocycles. The van der Waals surface area contributed by atoms with Crippen LogP contribution in [0.15, 0.2) is 13.2 Å². The van der Waals surface area contributed by atoms with Gasteiger partial charge in [-0.1, -0.05) is 20.8 Å². The van der Waals surface area contributed by atoms with E-state index in [-0.39, 0.29) is 53.6 Å². The lowest BCUT2D eigenvalue weighted by atomic mass is 9.43. The Morgan fingerprint density at radius 3 is 2.24 bits per heavy atom. The van der Waals surface area contributed by atoms with Crippen molar-refractivity contribution in [3.63, 3.8) is 0 Å². The van der Waals surface area contributed by atoms with Crippen molar-refractivity contribution in [3.05, 3.63) is 13.2 Å². The molecule has 33 heavy (non-hydrogen) atoms. The zero-order valence-electron chi connectivity index (χ0n) is 21.1. The Balaban J connectivity index is 0.00000133. The molecule has 0 heterocycles. The number of hydrogen-bond acceptors (Lipinski definition) is 6. The Kier molecular flexibility index (Phi) is 10.2. The van der Waals surface area contributed by atoms with Gasteiger partial charge in [-0.3, -0.25) is 4.79 Å². The molecule has 0 bridgehead atoms. The fourth-order valence-electron chi connectivity index (χ4n) is 8.68. The Bertz CT molecular complexity index is 663. The number of carbonyl (C=O) groups is 1. The summed E-state index contributed by atoms with van der Waals surface area (Å²) < 4.78 is 0. The summed E-state index contributed by atoms with van der Waals surface area (Å²) in [4.78, 5) is 11.1. The first kappa shape index (κ1) is 30.0. The Morgan fingerprint density at radius 2 is 1.64 bits per heavy atom. The zero-order valence-corrected chi connectivity index (χ0v) is 21.1. The van der Waals surface area contributed by atoms with Crippen molar-refractivity contribution in [2.24, 2.45) is 46.3 Å². The van der Waals surface area contributed by atoms with Gasteiger partial charge in [0.15, 0.2) is 0 Å². The van der Waals surface area contributed by atoms with E-state index >= 15 is 0 Å². The average molecular weight is 471 g/mol. The van der Waals surface area contributed by atoms with Crippen molar-refractivity contribution in [1.29, 1.82) is 0 Å². The van der Waals surface area contributed by atoms with Crippen LogP contribution in [0, 0.1) is 46.3 Å². The molecule has 0 aromatic carbocycles. The van der Waals surface area contributed by atoms with Crippen LogP contribution in [-0.4, -0.2) is 44.7 Å². The lowest BCUT2D eigenvalue weighted by Crippen LogP contribution is -2.62. The van der Waals surface area contributed by atoms with Gasteiger partial charge in [0.2, 0.25) is 0 Å². The summed E-state index contributed by atoms with van der Waals surface area (Å²) in [6.07, 6.45) is 6.00. The molecule has 4 fully saturated rings. The zero-order chi connectivity index (χ0) is 23.1. The summed E-state index contributed by atoms with van der Waals surface area (Å²) in [5.74, 6) is 0.997. The first-order valence-corrected chi connectivity index (χ1v) is 12.3. The fourth-order valence-corrected chi connectivity index (χ4v) is 8.68. The highest BCUT2D eigenvalue weighted by Crippen LogP contribution is 2.68. The highest BCUT2D eigenvalue weighted by Gasteiger charge is 2.65. The Morgan fingerprint density at radius 1 is 1.00 bits per heavy atom. The van der Waals surface area contributed by atoms with Crippen LogP contribution in [0.25, 0.3) is 0 Å². The van der Waals surface area contributed by atoms with E-state index in [2.05, 4.69) is 33.9 Å². The minimum atomic E-state index is -0.748. The third kappa shape index (κ3) is 4.90. The van der Waals surface area contributed by atoms with E-state index < -0.39 is 12.1 Å². The summed E-state index contributed by atoms with van der Waals surface area (Å²) in [5.41, 5.74) is -0.143. The average Bonchev–Trinajstić information content (AvgIpc) is 3.08. The maximum Gasteiger partial charge on any atom is 0.303 e. The second kappa shape index (κ2) is 11.2. The van der Waals surface area contributed by atoms with E-state index in [0.717, 1.165) is 44.9 Å². The predicted octanol–water partition coefficient (Wildman–Crippen LogP) is 4.57. The largest absolute Gasteiger partial charge is 0.481 e. The third-order valence-electron chi connectivity index (χ3n) is 10.3. The van der Waals surface area contributed by atoms with Crippen LogP contribution in [-0.2, 0) is 4.79 Å². The molecule has 4 aliphatic rings. The number of hydrogen-bond donors (Lipinski definition) is 6. The maximum atomic E-state index is 11.5. The van der Waals surface area contributed by atoms with Crippen LogP contribution < -0.4 is 12.3 Å². The molecule has 194 valence electrons. The van der Waals surface area contributed by atoms with Crippen LogP contribution in [0.1, 0.15) is 78.6 Å². The SMILES string of the molecule is C=C.C[C@H](CCC(=O)O)[C@H]1CC[C@H]2[C@@H]3[C@H](O)C[C@@H]4C[C@H](O)CC[C@]4(C)[C@H]3C[C@H](O)[C@]12C.N.N. The number of carboxylic acid groups (broad SMARTS) is 1. The molecule has 10 N–H and O–H groups in total. The third-order valence-corrected chi connectivity index (χ3v) is 10.3. The summed E-state index contributed by atoms with van der Waals surface area (Å²) in [5, 5.41) is 42.0. The van der Waals surface area contributed by atoms with Crippen molar-refractivity contribution in [1.82, 2.24) is 12.3 Å². The van der Waals surface area contributed by atoms with E-state index in [9.17, 15) is 20.1 Å². The van der Waals surface area contributed by atoms with Crippen molar-refractivity contribution in [3.8, 4) is 0 Å². The maximum absolute atomic E-state index is 11.5. The number of aliphatic hydroxyl groups excluding tert-OH is 3. The first-order valence-electron chi connectivity index (χ1n) is 12.3. The fraction of sp³-hybridized carbons (Fsp3) is 0.885.